The second-order valence-corrected chi connectivity index (χ2v) is 8.50. The largest absolute Gasteiger partial charge is 0.488 e. The molecule has 0 aromatic heterocycles. The van der Waals surface area contributed by atoms with E-state index < -0.39 is 0 Å². The summed E-state index contributed by atoms with van der Waals surface area (Å²) in [4.78, 5) is 16.6. The maximum absolute atomic E-state index is 12.2. The number of nitrogens with zero attached hydrogens (tertiary/aromatic N) is 1. The SMILES string of the molecule is C=CCSC1=N/C(=C\c2cc(Br)ccc2OCc2ccccc2)C(=O)S1. The zero-order chi connectivity index (χ0) is 18.4. The van der Waals surface area contributed by atoms with Gasteiger partial charge in [-0.3, -0.25) is 4.79 Å². The maximum atomic E-state index is 12.2. The number of rotatable bonds is 6. The molecule has 0 radical (unpaired) electrons. The maximum Gasteiger partial charge on any atom is 0.244 e. The molecule has 0 spiro atoms. The van der Waals surface area contributed by atoms with Gasteiger partial charge in [-0.25, -0.2) is 4.99 Å². The molecular weight excluding hydrogens is 430 g/mol. The van der Waals surface area contributed by atoms with Crippen molar-refractivity contribution in [3.05, 3.63) is 82.5 Å². The molecule has 0 saturated carbocycles. The zero-order valence-corrected chi connectivity index (χ0v) is 17.1. The predicted molar refractivity (Wildman–Crippen MR) is 116 cm³/mol. The average molecular weight is 446 g/mol. The highest BCUT2D eigenvalue weighted by Crippen LogP contribution is 2.33. The van der Waals surface area contributed by atoms with Gasteiger partial charge in [0.2, 0.25) is 5.12 Å². The lowest BCUT2D eigenvalue weighted by molar-refractivity contribution is -0.107. The van der Waals surface area contributed by atoms with Crippen LogP contribution < -0.4 is 4.74 Å². The molecule has 26 heavy (non-hydrogen) atoms. The molecule has 0 N–H and O–H groups in total. The van der Waals surface area contributed by atoms with Crippen LogP contribution in [0.25, 0.3) is 6.08 Å². The van der Waals surface area contributed by atoms with Gasteiger partial charge in [0.1, 0.15) is 22.4 Å². The van der Waals surface area contributed by atoms with Gasteiger partial charge in [0.15, 0.2) is 0 Å². The third-order valence-corrected chi connectivity index (χ3v) is 5.92. The number of hydrogen-bond acceptors (Lipinski definition) is 5. The molecular formula is C20H16BrNO2S2. The van der Waals surface area contributed by atoms with Crippen LogP contribution in [-0.2, 0) is 11.4 Å². The molecule has 0 fully saturated rings. The highest BCUT2D eigenvalue weighted by Gasteiger charge is 2.22. The van der Waals surface area contributed by atoms with E-state index in [1.807, 2.05) is 48.5 Å². The Balaban J connectivity index is 1.82. The van der Waals surface area contributed by atoms with Crippen LogP contribution >= 0.6 is 39.5 Å². The molecule has 1 heterocycles. The Labute approximate surface area is 169 Å². The third kappa shape index (κ3) is 5.13. The van der Waals surface area contributed by atoms with Crippen LogP contribution in [0.4, 0.5) is 0 Å². The average Bonchev–Trinajstić information content (AvgIpc) is 2.99. The lowest BCUT2D eigenvalue weighted by Crippen LogP contribution is -1.97. The molecule has 3 nitrogen and oxygen atoms in total. The van der Waals surface area contributed by atoms with Crippen molar-refractivity contribution in [2.24, 2.45) is 4.99 Å². The molecule has 132 valence electrons. The summed E-state index contributed by atoms with van der Waals surface area (Å²) in [5, 5.41) is -0.0504. The van der Waals surface area contributed by atoms with Crippen molar-refractivity contribution in [2.45, 2.75) is 6.61 Å². The minimum atomic E-state index is -0.0504. The van der Waals surface area contributed by atoms with Gasteiger partial charge in [-0.1, -0.05) is 64.1 Å². The van der Waals surface area contributed by atoms with E-state index in [0.717, 1.165) is 37.5 Å². The number of aliphatic imine (C=N–C) groups is 1. The minimum Gasteiger partial charge on any atom is -0.488 e. The van der Waals surface area contributed by atoms with Gasteiger partial charge in [0.05, 0.1) is 0 Å². The standard InChI is InChI=1S/C20H16BrNO2S2/c1-2-10-25-20-22-17(19(23)26-20)12-15-11-16(21)8-9-18(15)24-13-14-6-4-3-5-7-14/h2-9,11-12H,1,10,13H2/b17-12-. The number of carbonyl (C=O) groups excluding carboxylic acids is 1. The van der Waals surface area contributed by atoms with E-state index in [2.05, 4.69) is 27.5 Å². The van der Waals surface area contributed by atoms with Gasteiger partial charge < -0.3 is 4.74 Å². The van der Waals surface area contributed by atoms with Crippen LogP contribution in [-0.4, -0.2) is 15.2 Å². The zero-order valence-electron chi connectivity index (χ0n) is 13.9. The minimum absolute atomic E-state index is 0.0504. The molecule has 0 unspecified atom stereocenters. The smallest absolute Gasteiger partial charge is 0.244 e. The Bertz CT molecular complexity index is 879. The molecule has 0 bridgehead atoms. The lowest BCUT2D eigenvalue weighted by Gasteiger charge is -2.10. The van der Waals surface area contributed by atoms with Crippen molar-refractivity contribution in [1.82, 2.24) is 0 Å². The molecule has 1 aliphatic rings. The summed E-state index contributed by atoms with van der Waals surface area (Å²) in [5.41, 5.74) is 2.34. The summed E-state index contributed by atoms with van der Waals surface area (Å²) in [5.74, 6) is 1.44. The topological polar surface area (TPSA) is 38.7 Å². The van der Waals surface area contributed by atoms with E-state index in [4.69, 9.17) is 4.74 Å². The monoisotopic (exact) mass is 445 g/mol. The first-order chi connectivity index (χ1) is 12.7. The van der Waals surface area contributed by atoms with E-state index >= 15 is 0 Å². The van der Waals surface area contributed by atoms with Gasteiger partial charge in [0.25, 0.3) is 0 Å². The lowest BCUT2D eigenvalue weighted by atomic mass is 10.1. The second-order valence-electron chi connectivity index (χ2n) is 5.35. The Morgan fingerprint density at radius 1 is 1.23 bits per heavy atom. The number of hydrogen-bond donors (Lipinski definition) is 0. The number of ether oxygens (including phenoxy) is 1. The summed E-state index contributed by atoms with van der Waals surface area (Å²) in [7, 11) is 0. The molecule has 3 rings (SSSR count). The normalized spacial score (nSPS) is 15.2. The van der Waals surface area contributed by atoms with Crippen LogP contribution in [0.5, 0.6) is 5.75 Å². The molecule has 2 aromatic carbocycles. The van der Waals surface area contributed by atoms with Gasteiger partial charge in [-0.2, -0.15) is 0 Å². The van der Waals surface area contributed by atoms with Crippen LogP contribution in [0.15, 0.2) is 76.3 Å². The second kappa shape index (κ2) is 9.26. The van der Waals surface area contributed by atoms with Crippen LogP contribution in [0, 0.1) is 0 Å². The Hall–Kier alpha value is -1.76. The summed E-state index contributed by atoms with van der Waals surface area (Å²) < 4.78 is 7.63. The summed E-state index contributed by atoms with van der Waals surface area (Å²) >= 11 is 6.15. The van der Waals surface area contributed by atoms with Crippen molar-refractivity contribution in [1.29, 1.82) is 0 Å². The van der Waals surface area contributed by atoms with Crippen molar-refractivity contribution in [3.63, 3.8) is 0 Å². The van der Waals surface area contributed by atoms with Crippen LogP contribution in [0.2, 0.25) is 0 Å². The number of halogens is 1. The number of carbonyl (C=O) groups is 1. The first-order valence-corrected chi connectivity index (χ1v) is 10.5. The molecule has 6 heteroatoms. The van der Waals surface area contributed by atoms with Crippen LogP contribution in [0.3, 0.4) is 0 Å². The highest BCUT2D eigenvalue weighted by atomic mass is 79.9. The van der Waals surface area contributed by atoms with Crippen molar-refractivity contribution < 1.29 is 9.53 Å². The number of benzene rings is 2. The van der Waals surface area contributed by atoms with Crippen LogP contribution in [0.1, 0.15) is 11.1 Å². The molecule has 0 aliphatic carbocycles. The molecule has 0 saturated heterocycles. The van der Waals surface area contributed by atoms with Gasteiger partial charge in [-0.05, 0) is 41.6 Å². The van der Waals surface area contributed by atoms with E-state index in [-0.39, 0.29) is 5.12 Å². The predicted octanol–water partition coefficient (Wildman–Crippen LogP) is 5.92. The van der Waals surface area contributed by atoms with Crippen molar-refractivity contribution >= 4 is 55.0 Å². The molecule has 1 aliphatic heterocycles. The quantitative estimate of drug-likeness (QED) is 0.408. The Morgan fingerprint density at radius 3 is 2.81 bits per heavy atom. The van der Waals surface area contributed by atoms with E-state index in [1.165, 1.54) is 11.8 Å². The molecule has 2 aromatic rings. The van der Waals surface area contributed by atoms with Gasteiger partial charge in [0, 0.05) is 15.8 Å². The van der Waals surface area contributed by atoms with E-state index in [1.54, 1.807) is 12.2 Å². The summed E-state index contributed by atoms with van der Waals surface area (Å²) in [6.45, 7) is 4.15. The first-order valence-electron chi connectivity index (χ1n) is 7.88. The summed E-state index contributed by atoms with van der Waals surface area (Å²) in [6, 6.07) is 15.7. The molecule has 0 atom stereocenters. The fourth-order valence-electron chi connectivity index (χ4n) is 2.23. The number of thioether (sulfide) groups is 2. The van der Waals surface area contributed by atoms with Crippen molar-refractivity contribution in [2.75, 3.05) is 5.75 Å². The Kier molecular flexibility index (Phi) is 6.77. The Morgan fingerprint density at radius 2 is 2.04 bits per heavy atom. The van der Waals surface area contributed by atoms with E-state index in [9.17, 15) is 4.79 Å². The highest BCUT2D eigenvalue weighted by molar-refractivity contribution is 9.10. The third-order valence-electron chi connectivity index (χ3n) is 3.43. The fraction of sp³-hybridized carbons (Fsp3) is 0.100. The van der Waals surface area contributed by atoms with E-state index in [0.29, 0.717) is 18.1 Å². The molecule has 0 amide bonds. The van der Waals surface area contributed by atoms with Gasteiger partial charge >= 0.3 is 0 Å². The van der Waals surface area contributed by atoms with Gasteiger partial charge in [-0.15, -0.1) is 6.58 Å². The first kappa shape index (κ1) is 19.0. The fourth-order valence-corrected chi connectivity index (χ4v) is 4.21. The summed E-state index contributed by atoms with van der Waals surface area (Å²) in [6.07, 6.45) is 3.58. The van der Waals surface area contributed by atoms with Crippen molar-refractivity contribution in [3.8, 4) is 5.75 Å².